The van der Waals surface area contributed by atoms with Gasteiger partial charge in [0.05, 0.1) is 18.0 Å². The topological polar surface area (TPSA) is 79.8 Å². The van der Waals surface area contributed by atoms with E-state index in [1.807, 2.05) is 0 Å². The molecule has 7 heteroatoms. The van der Waals surface area contributed by atoms with E-state index in [0.717, 1.165) is 0 Å². The van der Waals surface area contributed by atoms with Crippen molar-refractivity contribution in [1.82, 2.24) is 15.2 Å². The third-order valence-corrected chi connectivity index (χ3v) is 2.44. The van der Waals surface area contributed by atoms with Crippen LogP contribution < -0.4 is 10.6 Å². The minimum Gasteiger partial charge on any atom is -0.387 e. The maximum Gasteiger partial charge on any atom is 0.260 e. The summed E-state index contributed by atoms with van der Waals surface area (Å²) in [6.07, 6.45) is 2.87. The molecular formula is C11H10ClN5O. The normalized spacial score (nSPS) is 9.89. The first-order valence-electron chi connectivity index (χ1n) is 5.13. The zero-order chi connectivity index (χ0) is 13.0. The molecule has 0 aliphatic heterocycles. The summed E-state index contributed by atoms with van der Waals surface area (Å²) in [5, 5.41) is 13.2. The van der Waals surface area contributed by atoms with Gasteiger partial charge in [0.15, 0.2) is 0 Å². The van der Waals surface area contributed by atoms with Gasteiger partial charge in [-0.3, -0.25) is 10.1 Å². The molecule has 0 atom stereocenters. The number of rotatable bonds is 3. The van der Waals surface area contributed by atoms with E-state index >= 15 is 0 Å². The SMILES string of the molecule is CNc1ccc(Cl)cc1C(=O)Nc1nccnn1. The monoisotopic (exact) mass is 263 g/mol. The molecule has 1 heterocycles. The average Bonchev–Trinajstić information content (AvgIpc) is 2.40. The highest BCUT2D eigenvalue weighted by Gasteiger charge is 2.12. The van der Waals surface area contributed by atoms with Gasteiger partial charge in [-0.1, -0.05) is 11.6 Å². The van der Waals surface area contributed by atoms with E-state index in [9.17, 15) is 4.79 Å². The van der Waals surface area contributed by atoms with Crippen LogP contribution in [0.1, 0.15) is 10.4 Å². The average molecular weight is 264 g/mol. The van der Waals surface area contributed by atoms with Crippen LogP contribution in [0.25, 0.3) is 0 Å². The Morgan fingerprint density at radius 3 is 2.83 bits per heavy atom. The fourth-order valence-electron chi connectivity index (χ4n) is 1.40. The molecule has 2 aromatic rings. The van der Waals surface area contributed by atoms with E-state index in [1.54, 1.807) is 25.2 Å². The number of nitrogens with one attached hydrogen (secondary N) is 2. The summed E-state index contributed by atoms with van der Waals surface area (Å²) in [5.74, 6) is -0.209. The smallest absolute Gasteiger partial charge is 0.260 e. The molecule has 0 aliphatic carbocycles. The lowest BCUT2D eigenvalue weighted by atomic mass is 10.1. The number of nitrogens with zero attached hydrogens (tertiary/aromatic N) is 3. The second-order valence-corrected chi connectivity index (χ2v) is 3.80. The summed E-state index contributed by atoms with van der Waals surface area (Å²) in [4.78, 5) is 15.9. The molecule has 0 unspecified atom stereocenters. The molecule has 0 aliphatic rings. The fraction of sp³-hybridized carbons (Fsp3) is 0.0909. The zero-order valence-electron chi connectivity index (χ0n) is 9.51. The van der Waals surface area contributed by atoms with Crippen LogP contribution in [0.3, 0.4) is 0 Å². The molecule has 2 rings (SSSR count). The predicted octanol–water partition coefficient (Wildman–Crippen LogP) is 1.82. The quantitative estimate of drug-likeness (QED) is 0.883. The van der Waals surface area contributed by atoms with Crippen molar-refractivity contribution in [3.05, 3.63) is 41.2 Å². The Labute approximate surface area is 108 Å². The van der Waals surface area contributed by atoms with Crippen LogP contribution in [-0.2, 0) is 0 Å². The van der Waals surface area contributed by atoms with Gasteiger partial charge < -0.3 is 5.32 Å². The molecular weight excluding hydrogens is 254 g/mol. The zero-order valence-corrected chi connectivity index (χ0v) is 10.3. The Kier molecular flexibility index (Phi) is 3.69. The Bertz CT molecular complexity index is 561. The lowest BCUT2D eigenvalue weighted by molar-refractivity contribution is 0.102. The second-order valence-electron chi connectivity index (χ2n) is 3.36. The molecule has 1 aromatic carbocycles. The molecule has 0 bridgehead atoms. The molecule has 1 amide bonds. The highest BCUT2D eigenvalue weighted by molar-refractivity contribution is 6.31. The van der Waals surface area contributed by atoms with Gasteiger partial charge in [0.25, 0.3) is 5.91 Å². The Balaban J connectivity index is 2.26. The number of halogens is 1. The number of hydrogen-bond donors (Lipinski definition) is 2. The largest absolute Gasteiger partial charge is 0.387 e. The lowest BCUT2D eigenvalue weighted by Crippen LogP contribution is -2.16. The van der Waals surface area contributed by atoms with Crippen LogP contribution in [-0.4, -0.2) is 28.1 Å². The van der Waals surface area contributed by atoms with Gasteiger partial charge in [-0.25, -0.2) is 4.98 Å². The van der Waals surface area contributed by atoms with E-state index in [4.69, 9.17) is 11.6 Å². The number of carbonyl (C=O) groups is 1. The number of benzene rings is 1. The first-order valence-corrected chi connectivity index (χ1v) is 5.51. The molecule has 0 spiro atoms. The lowest BCUT2D eigenvalue weighted by Gasteiger charge is -2.08. The maximum atomic E-state index is 12.0. The van der Waals surface area contributed by atoms with Crippen molar-refractivity contribution in [2.75, 3.05) is 17.7 Å². The highest BCUT2D eigenvalue weighted by atomic mass is 35.5. The molecule has 92 valence electrons. The van der Waals surface area contributed by atoms with E-state index in [-0.39, 0.29) is 11.9 Å². The molecule has 0 saturated carbocycles. The minimum absolute atomic E-state index is 0.143. The number of amides is 1. The first-order chi connectivity index (χ1) is 8.70. The number of anilines is 2. The minimum atomic E-state index is -0.352. The fourth-order valence-corrected chi connectivity index (χ4v) is 1.57. The van der Waals surface area contributed by atoms with Crippen LogP contribution in [0.5, 0.6) is 0 Å². The van der Waals surface area contributed by atoms with Gasteiger partial charge >= 0.3 is 0 Å². The molecule has 0 saturated heterocycles. The van der Waals surface area contributed by atoms with Crippen molar-refractivity contribution in [3.63, 3.8) is 0 Å². The standard InChI is InChI=1S/C11H10ClN5O/c1-13-9-3-2-7(12)6-8(9)10(18)16-11-14-4-5-15-17-11/h2-6,13H,1H3,(H,14,16,17,18). The van der Waals surface area contributed by atoms with E-state index < -0.39 is 0 Å². The highest BCUT2D eigenvalue weighted by Crippen LogP contribution is 2.20. The summed E-state index contributed by atoms with van der Waals surface area (Å²) in [7, 11) is 1.72. The third-order valence-electron chi connectivity index (χ3n) is 2.20. The summed E-state index contributed by atoms with van der Waals surface area (Å²) in [6, 6.07) is 4.99. The van der Waals surface area contributed by atoms with Gasteiger partial charge in [-0.2, -0.15) is 5.10 Å². The van der Waals surface area contributed by atoms with E-state index in [1.165, 1.54) is 12.4 Å². The molecule has 18 heavy (non-hydrogen) atoms. The van der Waals surface area contributed by atoms with Crippen molar-refractivity contribution < 1.29 is 4.79 Å². The van der Waals surface area contributed by atoms with Crippen LogP contribution >= 0.6 is 11.6 Å². The summed E-state index contributed by atoms with van der Waals surface area (Å²) in [5.41, 5.74) is 1.08. The van der Waals surface area contributed by atoms with E-state index in [2.05, 4.69) is 25.8 Å². The van der Waals surface area contributed by atoms with Gasteiger partial charge in [0.1, 0.15) is 0 Å². The van der Waals surface area contributed by atoms with Crippen LogP contribution in [0.4, 0.5) is 11.6 Å². The van der Waals surface area contributed by atoms with Crippen LogP contribution in [0.2, 0.25) is 5.02 Å². The molecule has 6 nitrogen and oxygen atoms in total. The molecule has 0 fully saturated rings. The third kappa shape index (κ3) is 2.72. The molecule has 1 aromatic heterocycles. The number of hydrogen-bond acceptors (Lipinski definition) is 5. The van der Waals surface area contributed by atoms with Gasteiger partial charge in [-0.05, 0) is 18.2 Å². The van der Waals surface area contributed by atoms with Crippen molar-refractivity contribution in [1.29, 1.82) is 0 Å². The Hall–Kier alpha value is -2.21. The van der Waals surface area contributed by atoms with Crippen molar-refractivity contribution >= 4 is 29.1 Å². The second kappa shape index (κ2) is 5.42. The predicted molar refractivity (Wildman–Crippen MR) is 68.8 cm³/mol. The Morgan fingerprint density at radius 2 is 2.17 bits per heavy atom. The van der Waals surface area contributed by atoms with Crippen LogP contribution in [0, 0.1) is 0 Å². The summed E-state index contributed by atoms with van der Waals surface area (Å²) >= 11 is 5.87. The summed E-state index contributed by atoms with van der Waals surface area (Å²) in [6.45, 7) is 0. The number of aromatic nitrogens is 3. The number of carbonyl (C=O) groups excluding carboxylic acids is 1. The Morgan fingerprint density at radius 1 is 1.33 bits per heavy atom. The molecule has 2 N–H and O–H groups in total. The van der Waals surface area contributed by atoms with Gasteiger partial charge in [-0.15, -0.1) is 5.10 Å². The van der Waals surface area contributed by atoms with Crippen LogP contribution in [0.15, 0.2) is 30.6 Å². The first kappa shape index (κ1) is 12.3. The van der Waals surface area contributed by atoms with Crippen molar-refractivity contribution in [2.45, 2.75) is 0 Å². The maximum absolute atomic E-state index is 12.0. The van der Waals surface area contributed by atoms with E-state index in [0.29, 0.717) is 16.3 Å². The van der Waals surface area contributed by atoms with Gasteiger partial charge in [0.2, 0.25) is 5.95 Å². The van der Waals surface area contributed by atoms with Crippen molar-refractivity contribution in [2.24, 2.45) is 0 Å². The van der Waals surface area contributed by atoms with Gasteiger partial charge in [0, 0.05) is 17.8 Å². The van der Waals surface area contributed by atoms with Crippen molar-refractivity contribution in [3.8, 4) is 0 Å². The summed E-state index contributed by atoms with van der Waals surface area (Å²) < 4.78 is 0. The molecule has 0 radical (unpaired) electrons.